The molecule has 0 aliphatic carbocycles. The normalized spacial score (nSPS) is 14.5. The molecule has 0 N–H and O–H groups in total. The summed E-state index contributed by atoms with van der Waals surface area (Å²) in [5, 5.41) is 4.35. The molecule has 0 fully saturated rings. The number of hydrogen-bond acceptors (Lipinski definition) is 5. The monoisotopic (exact) mass is 338 g/mol. The third-order valence-electron chi connectivity index (χ3n) is 3.03. The molecule has 0 spiro atoms. The van der Waals surface area contributed by atoms with Gasteiger partial charge in [0.05, 0.1) is 4.88 Å². The van der Waals surface area contributed by atoms with E-state index in [1.54, 1.807) is 5.56 Å². The van der Waals surface area contributed by atoms with Crippen LogP contribution in [-0.2, 0) is 6.42 Å². The van der Waals surface area contributed by atoms with Gasteiger partial charge in [-0.2, -0.15) is 0 Å². The molecule has 0 radical (unpaired) electrons. The molecule has 19 heavy (non-hydrogen) atoms. The van der Waals surface area contributed by atoms with E-state index >= 15 is 0 Å². The maximum absolute atomic E-state index is 2.25. The van der Waals surface area contributed by atoms with Crippen molar-refractivity contribution in [2.24, 2.45) is 0 Å². The van der Waals surface area contributed by atoms with Crippen LogP contribution in [-0.4, -0.2) is 5.75 Å². The van der Waals surface area contributed by atoms with Crippen molar-refractivity contribution >= 4 is 55.6 Å². The summed E-state index contributed by atoms with van der Waals surface area (Å²) in [6, 6.07) is 8.80. The predicted octanol–water partition coefficient (Wildman–Crippen LogP) is 6.50. The SMILES string of the molecule is c1csc(-c2sc(-c3cccs3)c3c2CCSS3)c1. The van der Waals surface area contributed by atoms with Gasteiger partial charge in [0.25, 0.3) is 0 Å². The Morgan fingerprint density at radius 2 is 1.63 bits per heavy atom. The molecule has 3 aromatic rings. The summed E-state index contributed by atoms with van der Waals surface area (Å²) in [5.41, 5.74) is 1.58. The Kier molecular flexibility index (Phi) is 3.49. The van der Waals surface area contributed by atoms with Crippen LogP contribution in [0.5, 0.6) is 0 Å². The second-order valence-corrected chi connectivity index (χ2v) is 9.52. The van der Waals surface area contributed by atoms with E-state index in [9.17, 15) is 0 Å². The molecule has 0 aromatic carbocycles. The van der Waals surface area contributed by atoms with Crippen molar-refractivity contribution in [3.05, 3.63) is 40.6 Å². The van der Waals surface area contributed by atoms with Gasteiger partial charge in [0.1, 0.15) is 0 Å². The van der Waals surface area contributed by atoms with Gasteiger partial charge in [0, 0.05) is 25.3 Å². The van der Waals surface area contributed by atoms with Crippen molar-refractivity contribution in [1.82, 2.24) is 0 Å². The average Bonchev–Trinajstić information content (AvgIpc) is 3.18. The quantitative estimate of drug-likeness (QED) is 0.489. The first-order valence-electron chi connectivity index (χ1n) is 5.96. The van der Waals surface area contributed by atoms with Crippen LogP contribution in [0.3, 0.4) is 0 Å². The standard InChI is InChI=1S/C14H10S5/c1-3-10(15-6-1)12-9-5-8-17-19-13(9)14(18-12)11-4-2-7-16-11/h1-4,6-7H,5,8H2. The first-order valence-corrected chi connectivity index (χ1v) is 10.9. The molecule has 0 amide bonds. The first kappa shape index (κ1) is 12.5. The van der Waals surface area contributed by atoms with Gasteiger partial charge in [-0.1, -0.05) is 33.7 Å². The van der Waals surface area contributed by atoms with Gasteiger partial charge in [-0.3, -0.25) is 0 Å². The Labute approximate surface area is 132 Å². The lowest BCUT2D eigenvalue weighted by Crippen LogP contribution is -1.94. The highest BCUT2D eigenvalue weighted by molar-refractivity contribution is 8.76. The highest BCUT2D eigenvalue weighted by Crippen LogP contribution is 2.54. The van der Waals surface area contributed by atoms with Gasteiger partial charge in [-0.15, -0.1) is 34.0 Å². The summed E-state index contributed by atoms with van der Waals surface area (Å²) in [6.07, 6.45) is 1.21. The Bertz CT molecular complexity index is 617. The Hall–Kier alpha value is -0.200. The van der Waals surface area contributed by atoms with Crippen LogP contribution in [0, 0.1) is 0 Å². The molecule has 1 aliphatic heterocycles. The first-order chi connectivity index (χ1) is 9.43. The van der Waals surface area contributed by atoms with Gasteiger partial charge in [-0.05, 0) is 34.9 Å². The van der Waals surface area contributed by atoms with Crippen LogP contribution in [0.15, 0.2) is 39.9 Å². The molecule has 0 saturated carbocycles. The number of rotatable bonds is 2. The van der Waals surface area contributed by atoms with Crippen molar-refractivity contribution in [3.8, 4) is 19.5 Å². The lowest BCUT2D eigenvalue weighted by Gasteiger charge is -2.12. The Morgan fingerprint density at radius 1 is 0.895 bits per heavy atom. The fourth-order valence-electron chi connectivity index (χ4n) is 2.19. The minimum atomic E-state index is 1.21. The summed E-state index contributed by atoms with van der Waals surface area (Å²) < 4.78 is 0. The molecule has 3 aromatic heterocycles. The summed E-state index contributed by atoms with van der Waals surface area (Å²) in [6.45, 7) is 0. The largest absolute Gasteiger partial charge is 0.143 e. The fraction of sp³-hybridized carbons (Fsp3) is 0.143. The smallest absolute Gasteiger partial charge is 0.0596 e. The molecule has 0 atom stereocenters. The zero-order valence-corrected chi connectivity index (χ0v) is 14.0. The molecular formula is C14H10S5. The van der Waals surface area contributed by atoms with E-state index in [1.807, 2.05) is 55.6 Å². The Morgan fingerprint density at radius 3 is 2.32 bits per heavy atom. The van der Waals surface area contributed by atoms with E-state index in [0.29, 0.717) is 0 Å². The van der Waals surface area contributed by atoms with Crippen LogP contribution < -0.4 is 0 Å². The van der Waals surface area contributed by atoms with Crippen molar-refractivity contribution in [2.45, 2.75) is 11.3 Å². The zero-order valence-electron chi connectivity index (χ0n) is 9.92. The van der Waals surface area contributed by atoms with E-state index in [0.717, 1.165) is 0 Å². The zero-order chi connectivity index (χ0) is 12.7. The van der Waals surface area contributed by atoms with E-state index in [2.05, 4.69) is 35.0 Å². The molecule has 1 aliphatic rings. The van der Waals surface area contributed by atoms with Crippen molar-refractivity contribution in [3.63, 3.8) is 0 Å². The van der Waals surface area contributed by atoms with Crippen molar-refractivity contribution in [1.29, 1.82) is 0 Å². The summed E-state index contributed by atoms with van der Waals surface area (Å²) in [5.74, 6) is 1.23. The average molecular weight is 339 g/mol. The molecule has 5 heteroatoms. The predicted molar refractivity (Wildman–Crippen MR) is 93.0 cm³/mol. The van der Waals surface area contributed by atoms with Gasteiger partial charge in [0.15, 0.2) is 0 Å². The number of hydrogen-bond donors (Lipinski definition) is 0. The molecular weight excluding hydrogens is 328 g/mol. The molecule has 0 nitrogen and oxygen atoms in total. The van der Waals surface area contributed by atoms with Crippen LogP contribution in [0.25, 0.3) is 19.5 Å². The van der Waals surface area contributed by atoms with Gasteiger partial charge >= 0.3 is 0 Å². The fourth-order valence-corrected chi connectivity index (χ4v) is 8.09. The second kappa shape index (κ2) is 5.30. The van der Waals surface area contributed by atoms with E-state index in [4.69, 9.17) is 0 Å². The third-order valence-corrected chi connectivity index (χ3v) is 8.95. The third kappa shape index (κ3) is 2.21. The van der Waals surface area contributed by atoms with Crippen LogP contribution >= 0.6 is 55.6 Å². The lowest BCUT2D eigenvalue weighted by atomic mass is 10.1. The summed E-state index contributed by atoms with van der Waals surface area (Å²) in [4.78, 5) is 7.34. The molecule has 0 unspecified atom stereocenters. The molecule has 4 rings (SSSR count). The summed E-state index contributed by atoms with van der Waals surface area (Å²) >= 11 is 5.69. The molecule has 0 saturated heterocycles. The van der Waals surface area contributed by atoms with Crippen molar-refractivity contribution < 1.29 is 0 Å². The minimum Gasteiger partial charge on any atom is -0.143 e. The lowest BCUT2D eigenvalue weighted by molar-refractivity contribution is 1.12. The maximum Gasteiger partial charge on any atom is 0.0596 e. The topological polar surface area (TPSA) is 0 Å². The van der Waals surface area contributed by atoms with Crippen LogP contribution in [0.1, 0.15) is 5.56 Å². The molecule has 96 valence electrons. The number of fused-ring (bicyclic) bond motifs is 1. The van der Waals surface area contributed by atoms with Gasteiger partial charge in [0.2, 0.25) is 0 Å². The van der Waals surface area contributed by atoms with Gasteiger partial charge < -0.3 is 0 Å². The van der Waals surface area contributed by atoms with E-state index < -0.39 is 0 Å². The van der Waals surface area contributed by atoms with Crippen LogP contribution in [0.2, 0.25) is 0 Å². The minimum absolute atomic E-state index is 1.21. The van der Waals surface area contributed by atoms with Crippen molar-refractivity contribution in [2.75, 3.05) is 5.75 Å². The molecule has 0 bridgehead atoms. The van der Waals surface area contributed by atoms with E-state index in [1.165, 1.54) is 36.6 Å². The van der Waals surface area contributed by atoms with E-state index in [-0.39, 0.29) is 0 Å². The summed E-state index contributed by atoms with van der Waals surface area (Å²) in [7, 11) is 3.96. The second-order valence-electron chi connectivity index (χ2n) is 4.18. The maximum atomic E-state index is 2.25. The number of thiophene rings is 3. The Balaban J connectivity index is 1.93. The highest BCUT2D eigenvalue weighted by Gasteiger charge is 2.24. The molecule has 4 heterocycles. The van der Waals surface area contributed by atoms with Gasteiger partial charge in [-0.25, -0.2) is 0 Å². The van der Waals surface area contributed by atoms with Crippen LogP contribution in [0.4, 0.5) is 0 Å². The highest BCUT2D eigenvalue weighted by atomic mass is 33.1.